The van der Waals surface area contributed by atoms with E-state index in [4.69, 9.17) is 0 Å². The monoisotopic (exact) mass is 418 g/mol. The molecule has 2 heterocycles. The van der Waals surface area contributed by atoms with E-state index in [1.54, 1.807) is 4.80 Å². The minimum absolute atomic E-state index is 0.0520. The number of hydrogen-bond donors (Lipinski definition) is 1. The van der Waals surface area contributed by atoms with Crippen molar-refractivity contribution in [2.24, 2.45) is 0 Å². The molecule has 0 unspecified atom stereocenters. The van der Waals surface area contributed by atoms with Gasteiger partial charge in [0.25, 0.3) is 0 Å². The Bertz CT molecular complexity index is 965. The molecule has 162 valence electrons. The van der Waals surface area contributed by atoms with Crippen LogP contribution in [0.5, 0.6) is 0 Å². The first kappa shape index (κ1) is 21.2. The zero-order valence-electron chi connectivity index (χ0n) is 17.9. The number of nitrogens with one attached hydrogen (secondary N) is 1. The minimum atomic E-state index is 0.0520. The predicted molar refractivity (Wildman–Crippen MR) is 120 cm³/mol. The molecule has 0 atom stereocenters. The summed E-state index contributed by atoms with van der Waals surface area (Å²) in [5, 5.41) is 15.7. The number of aryl methyl sites for hydroxylation is 1. The van der Waals surface area contributed by atoms with Gasteiger partial charge in [0, 0.05) is 25.1 Å². The molecule has 0 radical (unpaired) electrons. The number of nitrogens with zero attached hydrogens (tertiary/aromatic N) is 5. The normalized spacial score (nSPS) is 14.5. The van der Waals surface area contributed by atoms with Crippen LogP contribution in [0.1, 0.15) is 43.2 Å². The zero-order valence-corrected chi connectivity index (χ0v) is 17.9. The van der Waals surface area contributed by atoms with Crippen LogP contribution in [-0.2, 0) is 24.4 Å². The van der Waals surface area contributed by atoms with Crippen LogP contribution in [0, 0.1) is 0 Å². The molecule has 0 spiro atoms. The molecule has 7 heteroatoms. The average Bonchev–Trinajstić information content (AvgIpc) is 3.29. The maximum absolute atomic E-state index is 12.3. The molecule has 1 aliphatic heterocycles. The summed E-state index contributed by atoms with van der Waals surface area (Å²) in [4.78, 5) is 16.4. The maximum atomic E-state index is 12.3. The summed E-state index contributed by atoms with van der Waals surface area (Å²) >= 11 is 0. The molecule has 0 bridgehead atoms. The fourth-order valence-electron chi connectivity index (χ4n) is 3.95. The molecular weight excluding hydrogens is 388 g/mol. The van der Waals surface area contributed by atoms with Crippen molar-refractivity contribution < 1.29 is 4.79 Å². The van der Waals surface area contributed by atoms with E-state index < -0.39 is 0 Å². The highest BCUT2D eigenvalue weighted by Crippen LogP contribution is 2.16. The molecule has 0 aliphatic carbocycles. The first-order valence-electron chi connectivity index (χ1n) is 11.2. The molecule has 2 aromatic carbocycles. The Morgan fingerprint density at radius 1 is 0.935 bits per heavy atom. The zero-order chi connectivity index (χ0) is 21.3. The third kappa shape index (κ3) is 6.21. The minimum Gasteiger partial charge on any atom is -0.352 e. The van der Waals surface area contributed by atoms with Crippen molar-refractivity contribution in [2.45, 2.75) is 51.7 Å². The van der Waals surface area contributed by atoms with Crippen LogP contribution in [0.2, 0.25) is 0 Å². The number of amides is 1. The Kier molecular flexibility index (Phi) is 7.39. The summed E-state index contributed by atoms with van der Waals surface area (Å²) < 4.78 is 0. The third-order valence-electron chi connectivity index (χ3n) is 5.68. The quantitative estimate of drug-likeness (QED) is 0.576. The fourth-order valence-corrected chi connectivity index (χ4v) is 3.95. The van der Waals surface area contributed by atoms with Crippen LogP contribution in [-0.4, -0.2) is 44.1 Å². The molecule has 1 fully saturated rings. The lowest BCUT2D eigenvalue weighted by Gasteiger charge is -2.27. The molecule has 0 saturated carbocycles. The first-order valence-corrected chi connectivity index (χ1v) is 11.2. The molecular formula is C24H30N6O. The van der Waals surface area contributed by atoms with E-state index in [2.05, 4.69) is 43.8 Å². The summed E-state index contributed by atoms with van der Waals surface area (Å²) in [7, 11) is 0. The summed E-state index contributed by atoms with van der Waals surface area (Å²) in [5.41, 5.74) is 3.45. The highest BCUT2D eigenvalue weighted by Gasteiger charge is 2.13. The number of carbonyl (C=O) groups excluding carboxylic acids is 1. The van der Waals surface area contributed by atoms with Crippen molar-refractivity contribution >= 4 is 5.91 Å². The van der Waals surface area contributed by atoms with Crippen molar-refractivity contribution in [1.82, 2.24) is 30.4 Å². The van der Waals surface area contributed by atoms with E-state index in [0.29, 0.717) is 31.8 Å². The molecule has 7 nitrogen and oxygen atoms in total. The Morgan fingerprint density at radius 3 is 2.48 bits per heavy atom. The van der Waals surface area contributed by atoms with Crippen LogP contribution < -0.4 is 5.32 Å². The van der Waals surface area contributed by atoms with Gasteiger partial charge in [-0.1, -0.05) is 61.0 Å². The van der Waals surface area contributed by atoms with Gasteiger partial charge in [-0.15, -0.1) is 10.2 Å². The second-order valence-corrected chi connectivity index (χ2v) is 8.06. The molecule has 1 saturated heterocycles. The average molecular weight is 419 g/mol. The Hall–Kier alpha value is -3.06. The number of tetrazole rings is 1. The first-order chi connectivity index (χ1) is 15.3. The van der Waals surface area contributed by atoms with Gasteiger partial charge < -0.3 is 5.32 Å². The van der Waals surface area contributed by atoms with E-state index in [9.17, 15) is 4.79 Å². The van der Waals surface area contributed by atoms with Gasteiger partial charge in [-0.25, -0.2) is 0 Å². The van der Waals surface area contributed by atoms with Gasteiger partial charge >= 0.3 is 0 Å². The molecule has 3 aromatic rings. The number of rotatable bonds is 9. The lowest BCUT2D eigenvalue weighted by atomic mass is 10.0. The van der Waals surface area contributed by atoms with Crippen molar-refractivity contribution in [3.8, 4) is 11.4 Å². The Labute approximate surface area is 183 Å². The lowest BCUT2D eigenvalue weighted by molar-refractivity contribution is -0.121. The highest BCUT2D eigenvalue weighted by molar-refractivity contribution is 5.75. The van der Waals surface area contributed by atoms with Crippen molar-refractivity contribution in [3.63, 3.8) is 0 Å². The molecule has 1 N–H and O–H groups in total. The topological polar surface area (TPSA) is 75.9 Å². The number of aromatic nitrogens is 4. The maximum Gasteiger partial charge on any atom is 0.220 e. The van der Waals surface area contributed by atoms with Gasteiger partial charge in [0.15, 0.2) is 0 Å². The molecule has 4 rings (SSSR count). The van der Waals surface area contributed by atoms with E-state index in [1.807, 2.05) is 36.4 Å². The number of carbonyl (C=O) groups is 1. The number of piperidine rings is 1. The molecule has 1 aliphatic rings. The van der Waals surface area contributed by atoms with Crippen molar-refractivity contribution in [1.29, 1.82) is 0 Å². The second kappa shape index (κ2) is 10.8. The highest BCUT2D eigenvalue weighted by atomic mass is 16.1. The summed E-state index contributed by atoms with van der Waals surface area (Å²) in [6.07, 6.45) is 5.02. The van der Waals surface area contributed by atoms with Gasteiger partial charge in [0.1, 0.15) is 0 Å². The second-order valence-electron chi connectivity index (χ2n) is 8.06. The Balaban J connectivity index is 1.22. The van der Waals surface area contributed by atoms with Gasteiger partial charge in [-0.05, 0) is 48.7 Å². The Morgan fingerprint density at radius 2 is 1.68 bits per heavy atom. The third-order valence-corrected chi connectivity index (χ3v) is 5.68. The molecule has 1 amide bonds. The number of benzene rings is 2. The van der Waals surface area contributed by atoms with Gasteiger partial charge in [0.2, 0.25) is 11.7 Å². The van der Waals surface area contributed by atoms with Crippen molar-refractivity contribution in [2.75, 3.05) is 13.1 Å². The van der Waals surface area contributed by atoms with Gasteiger partial charge in [-0.3, -0.25) is 9.69 Å². The SMILES string of the molecule is O=C(CCCn1nnc(-c2ccccc2)n1)NCc1ccccc1CN1CCCCC1. The summed E-state index contributed by atoms with van der Waals surface area (Å²) in [6, 6.07) is 18.2. The largest absolute Gasteiger partial charge is 0.352 e. The standard InChI is InChI=1S/C24H30N6O/c31-23(14-9-17-30-27-24(26-28-30)20-10-3-1-4-11-20)25-18-21-12-5-6-13-22(21)19-29-15-7-2-8-16-29/h1,3-6,10-13H,2,7-9,14-19H2,(H,25,31). The van der Waals surface area contributed by atoms with E-state index in [1.165, 1.54) is 43.5 Å². The fraction of sp³-hybridized carbons (Fsp3) is 0.417. The molecule has 31 heavy (non-hydrogen) atoms. The van der Waals surface area contributed by atoms with Crippen LogP contribution in [0.3, 0.4) is 0 Å². The van der Waals surface area contributed by atoms with E-state index in [-0.39, 0.29) is 5.91 Å². The van der Waals surface area contributed by atoms with E-state index >= 15 is 0 Å². The van der Waals surface area contributed by atoms with Crippen LogP contribution in [0.15, 0.2) is 54.6 Å². The number of likely N-dealkylation sites (tertiary alicyclic amines) is 1. The molecule has 1 aromatic heterocycles. The van der Waals surface area contributed by atoms with Gasteiger partial charge in [-0.2, -0.15) is 4.80 Å². The van der Waals surface area contributed by atoms with Crippen LogP contribution in [0.25, 0.3) is 11.4 Å². The number of hydrogen-bond acceptors (Lipinski definition) is 5. The lowest BCUT2D eigenvalue weighted by Crippen LogP contribution is -2.30. The smallest absolute Gasteiger partial charge is 0.220 e. The van der Waals surface area contributed by atoms with Crippen molar-refractivity contribution in [3.05, 3.63) is 65.7 Å². The predicted octanol–water partition coefficient (Wildman–Crippen LogP) is 3.42. The van der Waals surface area contributed by atoms with Crippen LogP contribution in [0.4, 0.5) is 0 Å². The summed E-state index contributed by atoms with van der Waals surface area (Å²) in [6.45, 7) is 4.45. The summed E-state index contributed by atoms with van der Waals surface area (Å²) in [5.74, 6) is 0.659. The van der Waals surface area contributed by atoms with Crippen LogP contribution >= 0.6 is 0 Å². The van der Waals surface area contributed by atoms with E-state index in [0.717, 1.165) is 12.1 Å². The van der Waals surface area contributed by atoms with Gasteiger partial charge in [0.05, 0.1) is 6.54 Å².